The molecule has 0 saturated heterocycles. The second kappa shape index (κ2) is 3.58. The normalized spacial score (nSPS) is 18.1. The molecule has 14 heavy (non-hydrogen) atoms. The fourth-order valence-electron chi connectivity index (χ4n) is 1.82. The highest BCUT2D eigenvalue weighted by atomic mass is 14.8. The maximum atomic E-state index is 6.11. The summed E-state index contributed by atoms with van der Waals surface area (Å²) in [6, 6.07) is 2.03. The summed E-state index contributed by atoms with van der Waals surface area (Å²) in [5, 5.41) is 0. The van der Waals surface area contributed by atoms with Crippen LogP contribution in [0.3, 0.4) is 0 Å². The van der Waals surface area contributed by atoms with Crippen LogP contribution in [-0.2, 0) is 0 Å². The SMILES string of the molecule is Cc1cc(N)ncc1[C@@H](N)CC1CC1. The molecule has 0 radical (unpaired) electrons. The van der Waals surface area contributed by atoms with Gasteiger partial charge in [0.15, 0.2) is 0 Å². The lowest BCUT2D eigenvalue weighted by atomic mass is 10.00. The van der Waals surface area contributed by atoms with Crippen molar-refractivity contribution in [3.63, 3.8) is 0 Å². The van der Waals surface area contributed by atoms with Gasteiger partial charge in [-0.3, -0.25) is 0 Å². The van der Waals surface area contributed by atoms with Gasteiger partial charge in [-0.2, -0.15) is 0 Å². The Labute approximate surface area is 84.5 Å². The lowest BCUT2D eigenvalue weighted by Gasteiger charge is -2.13. The van der Waals surface area contributed by atoms with Crippen LogP contribution >= 0.6 is 0 Å². The smallest absolute Gasteiger partial charge is 0.123 e. The topological polar surface area (TPSA) is 64.9 Å². The number of hydrogen-bond acceptors (Lipinski definition) is 3. The van der Waals surface area contributed by atoms with Gasteiger partial charge in [0.1, 0.15) is 5.82 Å². The fraction of sp³-hybridized carbons (Fsp3) is 0.545. The van der Waals surface area contributed by atoms with Gasteiger partial charge in [-0.1, -0.05) is 12.8 Å². The number of rotatable bonds is 3. The van der Waals surface area contributed by atoms with Crippen molar-refractivity contribution in [2.24, 2.45) is 11.7 Å². The second-order valence-electron chi connectivity index (χ2n) is 4.25. The maximum absolute atomic E-state index is 6.11. The van der Waals surface area contributed by atoms with Crippen molar-refractivity contribution in [2.45, 2.75) is 32.2 Å². The summed E-state index contributed by atoms with van der Waals surface area (Å²) in [7, 11) is 0. The molecule has 0 unspecified atom stereocenters. The minimum Gasteiger partial charge on any atom is -0.384 e. The Morgan fingerprint density at radius 1 is 1.57 bits per heavy atom. The van der Waals surface area contributed by atoms with Gasteiger partial charge in [-0.25, -0.2) is 4.98 Å². The van der Waals surface area contributed by atoms with E-state index in [-0.39, 0.29) is 6.04 Å². The van der Waals surface area contributed by atoms with Crippen LogP contribution in [0.4, 0.5) is 5.82 Å². The summed E-state index contributed by atoms with van der Waals surface area (Å²) in [5.41, 5.74) is 14.0. The van der Waals surface area contributed by atoms with E-state index < -0.39 is 0 Å². The Hall–Kier alpha value is -1.09. The van der Waals surface area contributed by atoms with Gasteiger partial charge in [-0.05, 0) is 36.5 Å². The largest absolute Gasteiger partial charge is 0.384 e. The van der Waals surface area contributed by atoms with Gasteiger partial charge in [0.25, 0.3) is 0 Å². The highest BCUT2D eigenvalue weighted by Gasteiger charge is 2.25. The number of hydrogen-bond donors (Lipinski definition) is 2. The molecular formula is C11H17N3. The Kier molecular flexibility index (Phi) is 2.42. The Bertz CT molecular complexity index is 331. The molecule has 3 nitrogen and oxygen atoms in total. The van der Waals surface area contributed by atoms with E-state index in [9.17, 15) is 0 Å². The Balaban J connectivity index is 2.13. The van der Waals surface area contributed by atoms with Crippen LogP contribution in [0.1, 0.15) is 36.4 Å². The molecule has 1 heterocycles. The second-order valence-corrected chi connectivity index (χ2v) is 4.25. The van der Waals surface area contributed by atoms with Crippen LogP contribution in [0.5, 0.6) is 0 Å². The van der Waals surface area contributed by atoms with Gasteiger partial charge in [0.05, 0.1) is 0 Å². The van der Waals surface area contributed by atoms with Gasteiger partial charge in [-0.15, -0.1) is 0 Å². The molecule has 2 rings (SSSR count). The highest BCUT2D eigenvalue weighted by Crippen LogP contribution is 2.37. The van der Waals surface area contributed by atoms with Gasteiger partial charge >= 0.3 is 0 Å². The van der Waals surface area contributed by atoms with Crippen LogP contribution in [0.2, 0.25) is 0 Å². The predicted octanol–water partition coefficient (Wildman–Crippen LogP) is 1.77. The van der Waals surface area contributed by atoms with Gasteiger partial charge in [0.2, 0.25) is 0 Å². The molecular weight excluding hydrogens is 174 g/mol. The summed E-state index contributed by atoms with van der Waals surface area (Å²) in [5.74, 6) is 1.42. The predicted molar refractivity (Wildman–Crippen MR) is 57.7 cm³/mol. The number of anilines is 1. The first-order valence-electron chi connectivity index (χ1n) is 5.14. The van der Waals surface area contributed by atoms with Crippen LogP contribution in [0, 0.1) is 12.8 Å². The average Bonchev–Trinajstić information content (AvgIpc) is 2.87. The molecule has 1 aromatic heterocycles. The standard InChI is InChI=1S/C11H17N3/c1-7-4-11(13)14-6-9(7)10(12)5-8-2-3-8/h4,6,8,10H,2-3,5,12H2,1H3,(H2,13,14)/t10-/m0/s1. The monoisotopic (exact) mass is 191 g/mol. The number of nitrogens with two attached hydrogens (primary N) is 2. The van der Waals surface area contributed by atoms with Crippen molar-refractivity contribution in [2.75, 3.05) is 5.73 Å². The van der Waals surface area contributed by atoms with Crippen LogP contribution in [0.25, 0.3) is 0 Å². The molecule has 1 atom stereocenters. The minimum absolute atomic E-state index is 0.135. The van der Waals surface area contributed by atoms with E-state index in [0.717, 1.165) is 23.5 Å². The van der Waals surface area contributed by atoms with E-state index >= 15 is 0 Å². The van der Waals surface area contributed by atoms with E-state index in [1.165, 1.54) is 12.8 Å². The fourth-order valence-corrected chi connectivity index (χ4v) is 1.82. The third-order valence-electron chi connectivity index (χ3n) is 2.86. The van der Waals surface area contributed by atoms with Crippen molar-refractivity contribution in [3.8, 4) is 0 Å². The highest BCUT2D eigenvalue weighted by molar-refractivity contribution is 5.37. The molecule has 4 N–H and O–H groups in total. The van der Waals surface area contributed by atoms with E-state index in [1.54, 1.807) is 0 Å². The first-order chi connectivity index (χ1) is 6.66. The lowest BCUT2D eigenvalue weighted by Crippen LogP contribution is -2.13. The zero-order chi connectivity index (χ0) is 10.1. The Morgan fingerprint density at radius 2 is 2.29 bits per heavy atom. The molecule has 1 aliphatic carbocycles. The van der Waals surface area contributed by atoms with Gasteiger partial charge in [0, 0.05) is 12.2 Å². The molecule has 76 valence electrons. The van der Waals surface area contributed by atoms with Crippen molar-refractivity contribution in [3.05, 3.63) is 23.4 Å². The van der Waals surface area contributed by atoms with Crippen molar-refractivity contribution >= 4 is 5.82 Å². The molecule has 3 heteroatoms. The quantitative estimate of drug-likeness (QED) is 0.765. The molecule has 0 bridgehead atoms. The molecule has 0 aromatic carbocycles. The first-order valence-corrected chi connectivity index (χ1v) is 5.14. The van der Waals surface area contributed by atoms with E-state index in [1.807, 2.05) is 19.2 Å². The Morgan fingerprint density at radius 3 is 2.86 bits per heavy atom. The summed E-state index contributed by atoms with van der Waals surface area (Å²) in [6.45, 7) is 2.04. The van der Waals surface area contributed by atoms with E-state index in [4.69, 9.17) is 11.5 Å². The number of pyridine rings is 1. The third-order valence-corrected chi connectivity index (χ3v) is 2.86. The summed E-state index contributed by atoms with van der Waals surface area (Å²) in [6.07, 6.45) is 5.59. The molecule has 0 spiro atoms. The molecule has 1 saturated carbocycles. The number of nitrogen functional groups attached to an aromatic ring is 1. The lowest BCUT2D eigenvalue weighted by molar-refractivity contribution is 0.593. The van der Waals surface area contributed by atoms with Crippen LogP contribution < -0.4 is 11.5 Å². The van der Waals surface area contributed by atoms with Crippen molar-refractivity contribution in [1.82, 2.24) is 4.98 Å². The zero-order valence-electron chi connectivity index (χ0n) is 8.53. The number of aryl methyl sites for hydroxylation is 1. The zero-order valence-corrected chi connectivity index (χ0v) is 8.53. The molecule has 1 aromatic rings. The van der Waals surface area contributed by atoms with E-state index in [0.29, 0.717) is 5.82 Å². The van der Waals surface area contributed by atoms with Crippen molar-refractivity contribution in [1.29, 1.82) is 0 Å². The van der Waals surface area contributed by atoms with Crippen LogP contribution in [0.15, 0.2) is 12.3 Å². The van der Waals surface area contributed by atoms with Gasteiger partial charge < -0.3 is 11.5 Å². The maximum Gasteiger partial charge on any atom is 0.123 e. The average molecular weight is 191 g/mol. The van der Waals surface area contributed by atoms with Crippen molar-refractivity contribution < 1.29 is 0 Å². The number of nitrogens with zero attached hydrogens (tertiary/aromatic N) is 1. The molecule has 1 aliphatic rings. The third kappa shape index (κ3) is 2.04. The summed E-state index contributed by atoms with van der Waals surface area (Å²) < 4.78 is 0. The molecule has 1 fully saturated rings. The summed E-state index contributed by atoms with van der Waals surface area (Å²) >= 11 is 0. The summed E-state index contributed by atoms with van der Waals surface area (Å²) in [4.78, 5) is 4.09. The van der Waals surface area contributed by atoms with E-state index in [2.05, 4.69) is 4.98 Å². The first kappa shape index (κ1) is 9.46. The van der Waals surface area contributed by atoms with Crippen LogP contribution in [-0.4, -0.2) is 4.98 Å². The molecule has 0 aliphatic heterocycles. The number of aromatic nitrogens is 1. The minimum atomic E-state index is 0.135. The molecule has 0 amide bonds.